The van der Waals surface area contributed by atoms with Crippen LogP contribution in [0.25, 0.3) is 10.2 Å². The van der Waals surface area contributed by atoms with Crippen LogP contribution in [-0.2, 0) is 12.8 Å². The summed E-state index contributed by atoms with van der Waals surface area (Å²) in [6.07, 6.45) is 7.29. The fourth-order valence-corrected chi connectivity index (χ4v) is 4.34. The Morgan fingerprint density at radius 3 is 3.14 bits per heavy atom. The zero-order chi connectivity index (χ0) is 14.9. The first-order valence-electron chi connectivity index (χ1n) is 7.53. The molecule has 0 aromatic carbocycles. The molecule has 114 valence electrons. The number of rotatable bonds is 5. The standard InChI is InChI=1S/C16H17N3O2S/c20-7-6-11(12-4-2-8-21-12)19-15-14-10-3-1-5-13(10)22-16(14)18-9-17-15/h2,4,8-9,11,20H,1,3,5-7H2,(H,17,18,19). The van der Waals surface area contributed by atoms with Gasteiger partial charge in [-0.3, -0.25) is 0 Å². The van der Waals surface area contributed by atoms with Crippen molar-refractivity contribution < 1.29 is 9.52 Å². The molecule has 1 unspecified atom stereocenters. The Balaban J connectivity index is 1.74. The lowest BCUT2D eigenvalue weighted by atomic mass is 10.1. The van der Waals surface area contributed by atoms with Crippen LogP contribution in [0, 0.1) is 0 Å². The molecule has 0 saturated heterocycles. The van der Waals surface area contributed by atoms with Gasteiger partial charge in [-0.15, -0.1) is 11.3 Å². The van der Waals surface area contributed by atoms with Crippen molar-refractivity contribution in [2.45, 2.75) is 31.7 Å². The number of nitrogens with one attached hydrogen (secondary N) is 1. The van der Waals surface area contributed by atoms with E-state index in [-0.39, 0.29) is 12.6 Å². The molecule has 0 radical (unpaired) electrons. The molecule has 1 aliphatic rings. The van der Waals surface area contributed by atoms with Gasteiger partial charge in [-0.05, 0) is 43.4 Å². The first-order chi connectivity index (χ1) is 10.9. The maximum atomic E-state index is 9.33. The van der Waals surface area contributed by atoms with E-state index >= 15 is 0 Å². The van der Waals surface area contributed by atoms with Crippen LogP contribution in [0.3, 0.4) is 0 Å². The summed E-state index contributed by atoms with van der Waals surface area (Å²) in [5.41, 5.74) is 1.39. The highest BCUT2D eigenvalue weighted by molar-refractivity contribution is 7.19. The molecule has 3 heterocycles. The van der Waals surface area contributed by atoms with Crippen molar-refractivity contribution in [2.24, 2.45) is 0 Å². The predicted octanol–water partition coefficient (Wildman–Crippen LogP) is 3.31. The first kappa shape index (κ1) is 13.7. The molecule has 0 saturated carbocycles. The van der Waals surface area contributed by atoms with Crippen LogP contribution < -0.4 is 5.32 Å². The van der Waals surface area contributed by atoms with E-state index in [2.05, 4.69) is 15.3 Å². The molecule has 6 heteroatoms. The van der Waals surface area contributed by atoms with Gasteiger partial charge in [-0.1, -0.05) is 0 Å². The van der Waals surface area contributed by atoms with Gasteiger partial charge in [0.1, 0.15) is 22.7 Å². The number of nitrogens with zero attached hydrogens (tertiary/aromatic N) is 2. The van der Waals surface area contributed by atoms with Crippen molar-refractivity contribution in [3.63, 3.8) is 0 Å². The van der Waals surface area contributed by atoms with Crippen LogP contribution in [0.15, 0.2) is 29.1 Å². The number of thiophene rings is 1. The Morgan fingerprint density at radius 2 is 2.32 bits per heavy atom. The number of aliphatic hydroxyl groups is 1. The van der Waals surface area contributed by atoms with E-state index in [0.29, 0.717) is 6.42 Å². The second-order valence-corrected chi connectivity index (χ2v) is 6.57. The van der Waals surface area contributed by atoms with Crippen LogP contribution in [0.2, 0.25) is 0 Å². The summed E-state index contributed by atoms with van der Waals surface area (Å²) in [4.78, 5) is 11.4. The lowest BCUT2D eigenvalue weighted by molar-refractivity contribution is 0.273. The summed E-state index contributed by atoms with van der Waals surface area (Å²) in [5, 5.41) is 13.9. The highest BCUT2D eigenvalue weighted by atomic mass is 32.1. The van der Waals surface area contributed by atoms with E-state index in [1.807, 2.05) is 12.1 Å². The summed E-state index contributed by atoms with van der Waals surface area (Å²) in [6.45, 7) is 0.0916. The van der Waals surface area contributed by atoms with E-state index in [1.165, 1.54) is 16.9 Å². The van der Waals surface area contributed by atoms with Gasteiger partial charge < -0.3 is 14.8 Å². The van der Waals surface area contributed by atoms with E-state index in [1.54, 1.807) is 23.9 Å². The van der Waals surface area contributed by atoms with Gasteiger partial charge in [-0.25, -0.2) is 9.97 Å². The molecule has 3 aromatic rings. The monoisotopic (exact) mass is 315 g/mol. The van der Waals surface area contributed by atoms with Crippen molar-refractivity contribution in [2.75, 3.05) is 11.9 Å². The molecular weight excluding hydrogens is 298 g/mol. The van der Waals surface area contributed by atoms with Crippen LogP contribution in [0.1, 0.15) is 35.1 Å². The van der Waals surface area contributed by atoms with E-state index in [9.17, 15) is 5.11 Å². The minimum atomic E-state index is -0.0879. The van der Waals surface area contributed by atoms with Crippen molar-refractivity contribution in [1.29, 1.82) is 0 Å². The molecule has 0 bridgehead atoms. The van der Waals surface area contributed by atoms with Gasteiger partial charge in [-0.2, -0.15) is 0 Å². The van der Waals surface area contributed by atoms with Crippen LogP contribution in [0.4, 0.5) is 5.82 Å². The molecule has 3 aromatic heterocycles. The fraction of sp³-hybridized carbons (Fsp3) is 0.375. The van der Waals surface area contributed by atoms with Crippen molar-refractivity contribution in [3.05, 3.63) is 40.9 Å². The molecular formula is C16H17N3O2S. The number of anilines is 1. The Morgan fingerprint density at radius 1 is 1.36 bits per heavy atom. The number of aryl methyl sites for hydroxylation is 2. The maximum absolute atomic E-state index is 9.33. The zero-order valence-electron chi connectivity index (χ0n) is 12.1. The van der Waals surface area contributed by atoms with E-state index in [0.717, 1.165) is 34.6 Å². The second kappa shape index (κ2) is 5.70. The maximum Gasteiger partial charge on any atom is 0.139 e. The molecule has 1 aliphatic carbocycles. The number of fused-ring (bicyclic) bond motifs is 3. The number of hydrogen-bond donors (Lipinski definition) is 2. The molecule has 0 aliphatic heterocycles. The van der Waals surface area contributed by atoms with Gasteiger partial charge >= 0.3 is 0 Å². The number of aliphatic hydroxyl groups excluding tert-OH is 1. The lowest BCUT2D eigenvalue weighted by Crippen LogP contribution is -2.13. The molecule has 0 amide bonds. The average Bonchev–Trinajstić information content (AvgIpc) is 3.23. The Labute approximate surface area is 132 Å². The quantitative estimate of drug-likeness (QED) is 0.756. The van der Waals surface area contributed by atoms with Gasteiger partial charge in [0.15, 0.2) is 0 Å². The second-order valence-electron chi connectivity index (χ2n) is 5.48. The van der Waals surface area contributed by atoms with Gasteiger partial charge in [0.2, 0.25) is 0 Å². The predicted molar refractivity (Wildman–Crippen MR) is 86.2 cm³/mol. The number of furan rings is 1. The normalized spacial score (nSPS) is 15.1. The van der Waals surface area contributed by atoms with Crippen LogP contribution >= 0.6 is 11.3 Å². The Bertz CT molecular complexity index is 782. The molecule has 0 spiro atoms. The SMILES string of the molecule is OCCC(Nc1ncnc2sc3c(c12)CCC3)c1ccco1. The zero-order valence-corrected chi connectivity index (χ0v) is 12.9. The summed E-state index contributed by atoms with van der Waals surface area (Å²) in [6, 6.07) is 3.69. The summed E-state index contributed by atoms with van der Waals surface area (Å²) < 4.78 is 5.49. The summed E-state index contributed by atoms with van der Waals surface area (Å²) in [5.74, 6) is 1.66. The largest absolute Gasteiger partial charge is 0.467 e. The van der Waals surface area contributed by atoms with Crippen molar-refractivity contribution >= 4 is 27.4 Å². The van der Waals surface area contributed by atoms with Crippen LogP contribution in [0.5, 0.6) is 0 Å². The Hall–Kier alpha value is -1.92. The smallest absolute Gasteiger partial charge is 0.139 e. The minimum Gasteiger partial charge on any atom is -0.467 e. The summed E-state index contributed by atoms with van der Waals surface area (Å²) in [7, 11) is 0. The van der Waals surface area contributed by atoms with Gasteiger partial charge in [0, 0.05) is 11.5 Å². The van der Waals surface area contributed by atoms with Gasteiger partial charge in [0.25, 0.3) is 0 Å². The van der Waals surface area contributed by atoms with E-state index < -0.39 is 0 Å². The van der Waals surface area contributed by atoms with E-state index in [4.69, 9.17) is 4.42 Å². The lowest BCUT2D eigenvalue weighted by Gasteiger charge is -2.17. The third kappa shape index (κ3) is 2.28. The summed E-state index contributed by atoms with van der Waals surface area (Å²) >= 11 is 1.77. The highest BCUT2D eigenvalue weighted by Gasteiger charge is 2.23. The van der Waals surface area contributed by atoms with Crippen molar-refractivity contribution in [3.8, 4) is 0 Å². The molecule has 22 heavy (non-hydrogen) atoms. The molecule has 0 fully saturated rings. The molecule has 1 atom stereocenters. The third-order valence-electron chi connectivity index (χ3n) is 4.12. The van der Waals surface area contributed by atoms with Crippen molar-refractivity contribution in [1.82, 2.24) is 9.97 Å². The van der Waals surface area contributed by atoms with Gasteiger partial charge in [0.05, 0.1) is 17.7 Å². The Kier molecular flexibility index (Phi) is 3.56. The average molecular weight is 315 g/mol. The fourth-order valence-electron chi connectivity index (χ4n) is 3.11. The molecule has 5 nitrogen and oxygen atoms in total. The third-order valence-corrected chi connectivity index (χ3v) is 5.32. The number of hydrogen-bond acceptors (Lipinski definition) is 6. The first-order valence-corrected chi connectivity index (χ1v) is 8.34. The highest BCUT2D eigenvalue weighted by Crippen LogP contribution is 2.40. The minimum absolute atomic E-state index is 0.0879. The molecule has 2 N–H and O–H groups in total. The number of aromatic nitrogens is 2. The van der Waals surface area contributed by atoms with Crippen LogP contribution in [-0.4, -0.2) is 21.7 Å². The molecule has 4 rings (SSSR count). The topological polar surface area (TPSA) is 71.2 Å².